The average Bonchev–Trinajstić information content (AvgIpc) is 2.24. The van der Waals surface area contributed by atoms with Gasteiger partial charge in [0.25, 0.3) is 0 Å². The SMILES string of the molecule is CC(C([O])=O)c1cc(C(C)(C)C)c(O)c(C(C)(C)C)c1. The van der Waals surface area contributed by atoms with E-state index in [4.69, 9.17) is 0 Å². The minimum absolute atomic E-state index is 0.258. The van der Waals surface area contributed by atoms with Crippen molar-refractivity contribution in [2.45, 2.75) is 65.2 Å². The zero-order valence-corrected chi connectivity index (χ0v) is 13.5. The summed E-state index contributed by atoms with van der Waals surface area (Å²) in [4.78, 5) is 11.1. The highest BCUT2D eigenvalue weighted by Gasteiger charge is 2.28. The summed E-state index contributed by atoms with van der Waals surface area (Å²) in [7, 11) is 0. The van der Waals surface area contributed by atoms with Crippen molar-refractivity contribution >= 4 is 5.97 Å². The normalized spacial score (nSPS) is 14.2. The van der Waals surface area contributed by atoms with E-state index < -0.39 is 11.9 Å². The average molecular weight is 277 g/mol. The molecule has 0 spiro atoms. The van der Waals surface area contributed by atoms with Crippen molar-refractivity contribution in [3.63, 3.8) is 0 Å². The zero-order valence-electron chi connectivity index (χ0n) is 13.5. The van der Waals surface area contributed by atoms with Crippen LogP contribution in [0.2, 0.25) is 0 Å². The Morgan fingerprint density at radius 1 is 1.00 bits per heavy atom. The lowest BCUT2D eigenvalue weighted by molar-refractivity contribution is -0.144. The molecule has 3 nitrogen and oxygen atoms in total. The summed E-state index contributed by atoms with van der Waals surface area (Å²) in [6.07, 6.45) is 0. The second-order valence-electron chi connectivity index (χ2n) is 7.51. The molecule has 0 aliphatic rings. The third kappa shape index (κ3) is 3.33. The number of benzene rings is 1. The van der Waals surface area contributed by atoms with Gasteiger partial charge in [-0.1, -0.05) is 53.7 Å². The zero-order chi connectivity index (χ0) is 15.9. The van der Waals surface area contributed by atoms with Gasteiger partial charge in [0.2, 0.25) is 0 Å². The predicted octanol–water partition coefficient (Wildman–Crippen LogP) is 4.05. The lowest BCUT2D eigenvalue weighted by atomic mass is 9.77. The molecule has 20 heavy (non-hydrogen) atoms. The van der Waals surface area contributed by atoms with Gasteiger partial charge in [0.15, 0.2) is 0 Å². The Morgan fingerprint density at radius 2 is 1.35 bits per heavy atom. The first-order valence-electron chi connectivity index (χ1n) is 6.94. The van der Waals surface area contributed by atoms with Crippen LogP contribution in [0.15, 0.2) is 12.1 Å². The van der Waals surface area contributed by atoms with E-state index in [0.29, 0.717) is 5.56 Å². The first-order valence-corrected chi connectivity index (χ1v) is 6.94. The Labute approximate surface area is 121 Å². The fourth-order valence-corrected chi connectivity index (χ4v) is 2.19. The van der Waals surface area contributed by atoms with E-state index in [9.17, 15) is 15.0 Å². The second kappa shape index (κ2) is 5.12. The molecule has 111 valence electrons. The number of phenols is 1. The van der Waals surface area contributed by atoms with E-state index in [1.165, 1.54) is 0 Å². The number of phenolic OH excluding ortho intramolecular Hbond substituents is 1. The van der Waals surface area contributed by atoms with Crippen LogP contribution in [0.25, 0.3) is 0 Å². The molecular weight excluding hydrogens is 252 g/mol. The summed E-state index contributed by atoms with van der Waals surface area (Å²) in [5.41, 5.74) is 1.70. The number of hydrogen-bond acceptors (Lipinski definition) is 2. The Balaban J connectivity index is 3.63. The molecule has 1 atom stereocenters. The molecule has 1 aromatic carbocycles. The van der Waals surface area contributed by atoms with Gasteiger partial charge in [0.05, 0.1) is 5.92 Å². The highest BCUT2D eigenvalue weighted by molar-refractivity contribution is 5.75. The van der Waals surface area contributed by atoms with E-state index in [1.54, 1.807) is 19.1 Å². The highest BCUT2D eigenvalue weighted by Crippen LogP contribution is 2.41. The maximum atomic E-state index is 11.1. The van der Waals surface area contributed by atoms with Crippen molar-refractivity contribution in [1.82, 2.24) is 0 Å². The molecule has 0 aromatic heterocycles. The number of carbonyl (C=O) groups is 1. The van der Waals surface area contributed by atoms with Crippen LogP contribution in [-0.4, -0.2) is 11.1 Å². The molecule has 1 radical (unpaired) electrons. The summed E-state index contributed by atoms with van der Waals surface area (Å²) < 4.78 is 0. The topological polar surface area (TPSA) is 57.2 Å². The van der Waals surface area contributed by atoms with Gasteiger partial charge in [-0.15, -0.1) is 0 Å². The summed E-state index contributed by atoms with van der Waals surface area (Å²) in [6.45, 7) is 13.6. The molecule has 0 saturated carbocycles. The third-order valence-corrected chi connectivity index (χ3v) is 3.60. The first kappa shape index (κ1) is 16.5. The fraction of sp³-hybridized carbons (Fsp3) is 0.588. The van der Waals surface area contributed by atoms with Crippen molar-refractivity contribution in [3.05, 3.63) is 28.8 Å². The summed E-state index contributed by atoms with van der Waals surface area (Å²) in [6, 6.07) is 3.57. The third-order valence-electron chi connectivity index (χ3n) is 3.60. The minimum atomic E-state index is -1.10. The molecule has 0 amide bonds. The lowest BCUT2D eigenvalue weighted by Gasteiger charge is -2.28. The van der Waals surface area contributed by atoms with Gasteiger partial charge < -0.3 is 5.11 Å². The van der Waals surface area contributed by atoms with Crippen LogP contribution in [0.5, 0.6) is 5.75 Å². The number of aromatic hydroxyl groups is 1. The van der Waals surface area contributed by atoms with Crippen LogP contribution in [0, 0.1) is 0 Å². The number of rotatable bonds is 2. The van der Waals surface area contributed by atoms with Gasteiger partial charge in [-0.3, -0.25) is 0 Å². The summed E-state index contributed by atoms with van der Waals surface area (Å²) in [5.74, 6) is -1.53. The van der Waals surface area contributed by atoms with E-state index >= 15 is 0 Å². The summed E-state index contributed by atoms with van der Waals surface area (Å²) in [5, 5.41) is 21.7. The molecular formula is C17H25O3. The van der Waals surface area contributed by atoms with Gasteiger partial charge in [-0.05, 0) is 34.4 Å². The fourth-order valence-electron chi connectivity index (χ4n) is 2.19. The van der Waals surface area contributed by atoms with Crippen LogP contribution < -0.4 is 0 Å². The van der Waals surface area contributed by atoms with Crippen molar-refractivity contribution in [1.29, 1.82) is 0 Å². The molecule has 1 aromatic rings. The Kier molecular flexibility index (Phi) is 4.23. The number of carbonyl (C=O) groups excluding carboxylic acids is 1. The molecule has 0 aliphatic carbocycles. The van der Waals surface area contributed by atoms with Gasteiger partial charge in [-0.25, -0.2) is 9.90 Å². The summed E-state index contributed by atoms with van der Waals surface area (Å²) >= 11 is 0. The molecule has 1 rings (SSSR count). The molecule has 3 heteroatoms. The van der Waals surface area contributed by atoms with Crippen LogP contribution in [-0.2, 0) is 20.7 Å². The van der Waals surface area contributed by atoms with Gasteiger partial charge in [0, 0.05) is 0 Å². The first-order chi connectivity index (χ1) is 8.85. The predicted molar refractivity (Wildman–Crippen MR) is 79.6 cm³/mol. The lowest BCUT2D eigenvalue weighted by Crippen LogP contribution is -2.19. The van der Waals surface area contributed by atoms with Crippen molar-refractivity contribution in [3.8, 4) is 5.75 Å². The molecule has 0 heterocycles. The maximum Gasteiger partial charge on any atom is 0.362 e. The van der Waals surface area contributed by atoms with Crippen molar-refractivity contribution in [2.75, 3.05) is 0 Å². The van der Waals surface area contributed by atoms with Crippen molar-refractivity contribution < 1.29 is 15.0 Å². The van der Waals surface area contributed by atoms with Crippen LogP contribution in [0.3, 0.4) is 0 Å². The largest absolute Gasteiger partial charge is 0.507 e. The molecule has 1 unspecified atom stereocenters. The van der Waals surface area contributed by atoms with Crippen LogP contribution in [0.1, 0.15) is 71.1 Å². The van der Waals surface area contributed by atoms with E-state index in [1.807, 2.05) is 41.5 Å². The monoisotopic (exact) mass is 277 g/mol. The molecule has 0 saturated heterocycles. The number of hydrogen-bond donors (Lipinski definition) is 1. The van der Waals surface area contributed by atoms with Crippen molar-refractivity contribution in [2.24, 2.45) is 0 Å². The van der Waals surface area contributed by atoms with Crippen LogP contribution >= 0.6 is 0 Å². The standard InChI is InChI=1S/C17H25O3/c1-10(15(19)20)11-8-12(16(2,3)4)14(18)13(9-11)17(5,6)7/h8-10,18H,1-7H3. The second-order valence-corrected chi connectivity index (χ2v) is 7.51. The van der Waals surface area contributed by atoms with E-state index in [2.05, 4.69) is 0 Å². The van der Waals surface area contributed by atoms with Crippen LogP contribution in [0.4, 0.5) is 0 Å². The molecule has 0 aliphatic heterocycles. The Bertz CT molecular complexity index is 481. The molecule has 1 N–H and O–H groups in total. The van der Waals surface area contributed by atoms with E-state index in [-0.39, 0.29) is 16.6 Å². The van der Waals surface area contributed by atoms with Gasteiger partial charge >= 0.3 is 5.97 Å². The molecule has 0 fully saturated rings. The van der Waals surface area contributed by atoms with Gasteiger partial charge in [-0.2, -0.15) is 0 Å². The highest BCUT2D eigenvalue weighted by atomic mass is 16.4. The quantitative estimate of drug-likeness (QED) is 0.886. The minimum Gasteiger partial charge on any atom is -0.507 e. The maximum absolute atomic E-state index is 11.1. The Morgan fingerprint density at radius 3 is 1.60 bits per heavy atom. The molecule has 0 bridgehead atoms. The van der Waals surface area contributed by atoms with E-state index in [0.717, 1.165) is 11.1 Å². The Hall–Kier alpha value is -1.51. The van der Waals surface area contributed by atoms with Gasteiger partial charge in [0.1, 0.15) is 5.75 Å². The smallest absolute Gasteiger partial charge is 0.362 e.